The van der Waals surface area contributed by atoms with E-state index in [0.29, 0.717) is 12.1 Å². The summed E-state index contributed by atoms with van der Waals surface area (Å²) in [6.45, 7) is 6.25. The van der Waals surface area contributed by atoms with Crippen molar-refractivity contribution in [3.8, 4) is 0 Å². The molecule has 0 N–H and O–H groups in total. The van der Waals surface area contributed by atoms with Crippen molar-refractivity contribution in [3.05, 3.63) is 29.8 Å². The topological polar surface area (TPSA) is 85.3 Å². The van der Waals surface area contributed by atoms with Gasteiger partial charge in [-0.2, -0.15) is 8.42 Å². The van der Waals surface area contributed by atoms with Crippen molar-refractivity contribution in [2.45, 2.75) is 50.2 Å². The molecule has 0 bridgehead atoms. The average Bonchev–Trinajstić information content (AvgIpc) is 3.07. The number of sulfonamides is 1. The highest BCUT2D eigenvalue weighted by Crippen LogP contribution is 2.27. The van der Waals surface area contributed by atoms with E-state index in [9.17, 15) is 13.2 Å². The molecule has 8 heteroatoms. The van der Waals surface area contributed by atoms with Crippen LogP contribution in [0.4, 0.5) is 4.79 Å². The van der Waals surface area contributed by atoms with Crippen LogP contribution in [0, 0.1) is 0 Å². The summed E-state index contributed by atoms with van der Waals surface area (Å²) in [5.41, 5.74) is -0.0995. The van der Waals surface area contributed by atoms with Crippen LogP contribution in [0.25, 0.3) is 0 Å². The van der Waals surface area contributed by atoms with Gasteiger partial charge in [-0.25, -0.2) is 4.79 Å². The molecule has 0 aromatic heterocycles. The summed E-state index contributed by atoms with van der Waals surface area (Å²) < 4.78 is 38.9. The molecule has 0 unspecified atom stereocenters. The third-order valence-electron chi connectivity index (χ3n) is 4.02. The SMILES string of the molecule is CC(C)(C)OC(=O)N1CCC[C@@H]1COC1=NS(=O)(=O)c2ccccc21. The van der Waals surface area contributed by atoms with Crippen LogP contribution in [0.1, 0.15) is 39.2 Å². The van der Waals surface area contributed by atoms with Crippen LogP contribution in [0.3, 0.4) is 0 Å². The van der Waals surface area contributed by atoms with Crippen LogP contribution >= 0.6 is 0 Å². The fraction of sp³-hybridized carbons (Fsp3) is 0.529. The fourth-order valence-corrected chi connectivity index (χ4v) is 4.08. The van der Waals surface area contributed by atoms with Gasteiger partial charge < -0.3 is 14.4 Å². The monoisotopic (exact) mass is 366 g/mol. The van der Waals surface area contributed by atoms with E-state index < -0.39 is 15.6 Å². The zero-order chi connectivity index (χ0) is 18.2. The highest BCUT2D eigenvalue weighted by molar-refractivity contribution is 7.90. The third-order valence-corrected chi connectivity index (χ3v) is 5.33. The lowest BCUT2D eigenvalue weighted by Gasteiger charge is -2.28. The van der Waals surface area contributed by atoms with Crippen LogP contribution in [0.2, 0.25) is 0 Å². The first-order valence-electron chi connectivity index (χ1n) is 8.24. The Bertz CT molecular complexity index is 811. The quantitative estimate of drug-likeness (QED) is 0.803. The van der Waals surface area contributed by atoms with Crippen molar-refractivity contribution < 1.29 is 22.7 Å². The van der Waals surface area contributed by atoms with Crippen LogP contribution in [-0.4, -0.2) is 50.1 Å². The Morgan fingerprint density at radius 3 is 2.76 bits per heavy atom. The van der Waals surface area contributed by atoms with Crippen molar-refractivity contribution in [3.63, 3.8) is 0 Å². The molecule has 0 aliphatic carbocycles. The van der Waals surface area contributed by atoms with Gasteiger partial charge >= 0.3 is 6.09 Å². The first-order valence-corrected chi connectivity index (χ1v) is 9.68. The predicted octanol–water partition coefficient (Wildman–Crippen LogP) is 2.55. The number of rotatable bonds is 2. The maximum absolute atomic E-state index is 12.3. The number of carbonyl (C=O) groups is 1. The Balaban J connectivity index is 1.69. The minimum absolute atomic E-state index is 0.0895. The number of likely N-dealkylation sites (tertiary alicyclic amines) is 1. The molecule has 136 valence electrons. The number of amides is 1. The minimum atomic E-state index is -3.70. The summed E-state index contributed by atoms with van der Waals surface area (Å²) in [5.74, 6) is 0.0895. The van der Waals surface area contributed by atoms with Crippen molar-refractivity contribution in [1.29, 1.82) is 0 Å². The van der Waals surface area contributed by atoms with Gasteiger partial charge in [0, 0.05) is 6.54 Å². The molecule has 7 nitrogen and oxygen atoms in total. The molecule has 1 saturated heterocycles. The lowest BCUT2D eigenvalue weighted by atomic mass is 10.2. The second kappa shape index (κ2) is 6.33. The fourth-order valence-electron chi connectivity index (χ4n) is 2.92. The number of ether oxygens (including phenoxy) is 2. The summed E-state index contributed by atoms with van der Waals surface area (Å²) in [6, 6.07) is 6.40. The van der Waals surface area contributed by atoms with Crippen LogP contribution < -0.4 is 0 Å². The van der Waals surface area contributed by atoms with Gasteiger partial charge in [-0.05, 0) is 45.7 Å². The Hall–Kier alpha value is -2.09. The molecule has 0 radical (unpaired) electrons. The molecule has 1 fully saturated rings. The van der Waals surface area contributed by atoms with Crippen LogP contribution in [0.5, 0.6) is 0 Å². The molecule has 1 aromatic carbocycles. The van der Waals surface area contributed by atoms with E-state index in [1.54, 1.807) is 23.1 Å². The van der Waals surface area contributed by atoms with E-state index in [4.69, 9.17) is 9.47 Å². The molecule has 0 spiro atoms. The average molecular weight is 366 g/mol. The first kappa shape index (κ1) is 17.7. The van der Waals surface area contributed by atoms with Crippen molar-refractivity contribution in [2.75, 3.05) is 13.2 Å². The predicted molar refractivity (Wildman–Crippen MR) is 92.1 cm³/mol. The molecule has 1 amide bonds. The number of fused-ring (bicyclic) bond motifs is 1. The highest BCUT2D eigenvalue weighted by atomic mass is 32.2. The molecule has 3 rings (SSSR count). The number of nitrogens with zero attached hydrogens (tertiary/aromatic N) is 2. The molecule has 2 heterocycles. The smallest absolute Gasteiger partial charge is 0.410 e. The summed E-state index contributed by atoms with van der Waals surface area (Å²) in [6.07, 6.45) is 1.26. The molecule has 25 heavy (non-hydrogen) atoms. The Morgan fingerprint density at radius 2 is 2.04 bits per heavy atom. The van der Waals surface area contributed by atoms with Crippen molar-refractivity contribution in [2.24, 2.45) is 4.40 Å². The van der Waals surface area contributed by atoms with Crippen LogP contribution in [0.15, 0.2) is 33.6 Å². The molecule has 2 aliphatic heterocycles. The van der Waals surface area contributed by atoms with E-state index in [2.05, 4.69) is 4.40 Å². The molecular formula is C17H22N2O5S. The number of hydrogen-bond acceptors (Lipinski definition) is 5. The summed E-state index contributed by atoms with van der Waals surface area (Å²) in [4.78, 5) is 14.1. The van der Waals surface area contributed by atoms with Gasteiger partial charge in [-0.1, -0.05) is 12.1 Å². The first-order chi connectivity index (χ1) is 11.7. The Kier molecular flexibility index (Phi) is 4.49. The summed E-state index contributed by atoms with van der Waals surface area (Å²) in [7, 11) is -3.70. The lowest BCUT2D eigenvalue weighted by Crippen LogP contribution is -2.42. The van der Waals surface area contributed by atoms with Gasteiger partial charge in [-0.15, -0.1) is 4.40 Å². The third kappa shape index (κ3) is 3.78. The largest absolute Gasteiger partial charge is 0.475 e. The van der Waals surface area contributed by atoms with Crippen molar-refractivity contribution >= 4 is 22.0 Å². The Morgan fingerprint density at radius 1 is 1.32 bits per heavy atom. The summed E-state index contributed by atoms with van der Waals surface area (Å²) in [5, 5.41) is 0. The zero-order valence-corrected chi connectivity index (χ0v) is 15.4. The standard InChI is InChI=1S/C17H22N2O5S/c1-17(2,3)24-16(20)19-10-6-7-12(19)11-23-15-13-8-4-5-9-14(13)25(21,22)18-15/h4-5,8-9,12H,6-7,10-11H2,1-3H3/t12-/m1/s1. The van der Waals surface area contributed by atoms with E-state index >= 15 is 0 Å². The highest BCUT2D eigenvalue weighted by Gasteiger charge is 2.35. The van der Waals surface area contributed by atoms with Gasteiger partial charge in [0.1, 0.15) is 17.1 Å². The second-order valence-electron chi connectivity index (χ2n) is 7.15. The number of benzene rings is 1. The van der Waals surface area contributed by atoms with E-state index in [0.717, 1.165) is 12.8 Å². The number of hydrogen-bond donors (Lipinski definition) is 0. The van der Waals surface area contributed by atoms with Gasteiger partial charge in [0.25, 0.3) is 10.0 Å². The summed E-state index contributed by atoms with van der Waals surface area (Å²) >= 11 is 0. The molecule has 1 aromatic rings. The van der Waals surface area contributed by atoms with Crippen molar-refractivity contribution in [1.82, 2.24) is 4.90 Å². The minimum Gasteiger partial charge on any atom is -0.475 e. The van der Waals surface area contributed by atoms with Gasteiger partial charge in [0.05, 0.1) is 11.6 Å². The molecule has 1 atom stereocenters. The van der Waals surface area contributed by atoms with Gasteiger partial charge in [0.15, 0.2) is 0 Å². The lowest BCUT2D eigenvalue weighted by molar-refractivity contribution is 0.0183. The Labute approximate surface area is 147 Å². The molecular weight excluding hydrogens is 344 g/mol. The van der Waals surface area contributed by atoms with E-state index in [-0.39, 0.29) is 29.5 Å². The van der Waals surface area contributed by atoms with Crippen LogP contribution in [-0.2, 0) is 19.5 Å². The van der Waals surface area contributed by atoms with Gasteiger partial charge in [-0.3, -0.25) is 0 Å². The second-order valence-corrected chi connectivity index (χ2v) is 8.72. The maximum Gasteiger partial charge on any atom is 0.410 e. The normalized spacial score (nSPS) is 21.6. The maximum atomic E-state index is 12.3. The molecule has 0 saturated carbocycles. The van der Waals surface area contributed by atoms with Gasteiger partial charge in [0.2, 0.25) is 5.90 Å². The van der Waals surface area contributed by atoms with E-state index in [1.807, 2.05) is 20.8 Å². The molecule has 2 aliphatic rings. The van der Waals surface area contributed by atoms with E-state index in [1.165, 1.54) is 6.07 Å². The zero-order valence-electron chi connectivity index (χ0n) is 14.6. The number of carbonyl (C=O) groups excluding carboxylic acids is 1.